The lowest BCUT2D eigenvalue weighted by molar-refractivity contribution is -0.384. The number of aryl methyl sites for hydroxylation is 1. The lowest BCUT2D eigenvalue weighted by Crippen LogP contribution is -2.61. The standard InChI is InChI=1S/C26H28N6O4/c33-24-4-1-3-22-18-11-19(15-30(22)24)25-21(26(34)28-7-2-9-29-10-8-27-16-29)13-17-12-20(32(35)36)5-6-23(17)31(25)14-18/h1,3-6,8,10,12,16,18-19,21,25H,2,7,9,11,13-15H2,(H,28,34)/t18?,19?,21-,25+/m1/s1. The van der Waals surface area contributed by atoms with Gasteiger partial charge in [-0.15, -0.1) is 0 Å². The highest BCUT2D eigenvalue weighted by Gasteiger charge is 2.49. The van der Waals surface area contributed by atoms with E-state index in [1.54, 1.807) is 30.7 Å². The van der Waals surface area contributed by atoms with E-state index in [1.165, 1.54) is 0 Å². The van der Waals surface area contributed by atoms with Gasteiger partial charge in [0, 0.05) is 80.1 Å². The Balaban J connectivity index is 1.30. The lowest BCUT2D eigenvalue weighted by atomic mass is 9.70. The zero-order chi connectivity index (χ0) is 24.8. The third kappa shape index (κ3) is 3.86. The number of nitrogens with one attached hydrogen (secondary N) is 1. The molecule has 1 aromatic carbocycles. The first kappa shape index (κ1) is 22.5. The second-order valence-electron chi connectivity index (χ2n) is 10.1. The topological polar surface area (TPSA) is 115 Å². The Kier molecular flexibility index (Phi) is 5.58. The van der Waals surface area contributed by atoms with Gasteiger partial charge in [0.25, 0.3) is 11.2 Å². The molecule has 1 saturated heterocycles. The number of nitro groups is 1. The quantitative estimate of drug-likeness (QED) is 0.324. The first-order valence-electron chi connectivity index (χ1n) is 12.5. The molecule has 3 aliphatic heterocycles. The Morgan fingerprint density at radius 2 is 2.11 bits per heavy atom. The number of non-ortho nitro benzene ring substituents is 1. The van der Waals surface area contributed by atoms with Gasteiger partial charge >= 0.3 is 0 Å². The molecule has 36 heavy (non-hydrogen) atoms. The van der Waals surface area contributed by atoms with Crippen molar-refractivity contribution in [2.75, 3.05) is 18.0 Å². The van der Waals surface area contributed by atoms with Gasteiger partial charge in [0.2, 0.25) is 5.91 Å². The van der Waals surface area contributed by atoms with E-state index >= 15 is 0 Å². The average molecular weight is 489 g/mol. The van der Waals surface area contributed by atoms with Crippen molar-refractivity contribution in [3.8, 4) is 0 Å². The lowest BCUT2D eigenvalue weighted by Gasteiger charge is -2.54. The molecule has 186 valence electrons. The van der Waals surface area contributed by atoms with Crippen LogP contribution in [0.2, 0.25) is 0 Å². The van der Waals surface area contributed by atoms with Crippen molar-refractivity contribution in [3.63, 3.8) is 0 Å². The van der Waals surface area contributed by atoms with E-state index < -0.39 is 0 Å². The summed E-state index contributed by atoms with van der Waals surface area (Å²) in [6, 6.07) is 10.4. The minimum Gasteiger partial charge on any atom is -0.366 e. The van der Waals surface area contributed by atoms with Crippen LogP contribution < -0.4 is 15.8 Å². The number of fused-ring (bicyclic) bond motifs is 8. The molecule has 2 bridgehead atoms. The molecular formula is C26H28N6O4. The third-order valence-electron chi connectivity index (χ3n) is 7.99. The largest absolute Gasteiger partial charge is 0.366 e. The van der Waals surface area contributed by atoms with Gasteiger partial charge in [0.1, 0.15) is 0 Å². The van der Waals surface area contributed by atoms with E-state index in [-0.39, 0.29) is 45.9 Å². The molecule has 0 radical (unpaired) electrons. The van der Waals surface area contributed by atoms with Crippen molar-refractivity contribution >= 4 is 17.3 Å². The number of benzene rings is 1. The van der Waals surface area contributed by atoms with E-state index in [0.29, 0.717) is 26.1 Å². The smallest absolute Gasteiger partial charge is 0.269 e. The first-order valence-corrected chi connectivity index (χ1v) is 12.5. The number of hydrogen-bond donors (Lipinski definition) is 1. The molecule has 3 aliphatic rings. The summed E-state index contributed by atoms with van der Waals surface area (Å²) in [5.74, 6) is -0.0626. The van der Waals surface area contributed by atoms with Gasteiger partial charge in [-0.2, -0.15) is 0 Å². The van der Waals surface area contributed by atoms with Crippen molar-refractivity contribution in [2.24, 2.45) is 11.8 Å². The Hall–Kier alpha value is -3.95. The highest BCUT2D eigenvalue weighted by atomic mass is 16.6. The molecule has 0 aliphatic carbocycles. The number of hydrogen-bond acceptors (Lipinski definition) is 6. The molecule has 1 amide bonds. The van der Waals surface area contributed by atoms with Crippen LogP contribution in [0.5, 0.6) is 0 Å². The molecular weight excluding hydrogens is 460 g/mol. The van der Waals surface area contributed by atoms with Crippen molar-refractivity contribution < 1.29 is 9.72 Å². The zero-order valence-corrected chi connectivity index (χ0v) is 19.8. The van der Waals surface area contributed by atoms with Crippen LogP contribution in [0.15, 0.2) is 59.9 Å². The summed E-state index contributed by atoms with van der Waals surface area (Å²) in [6.07, 6.45) is 7.54. The number of piperidine rings is 1. The number of amides is 1. The van der Waals surface area contributed by atoms with Gasteiger partial charge < -0.3 is 19.4 Å². The van der Waals surface area contributed by atoms with Gasteiger partial charge in [-0.3, -0.25) is 19.7 Å². The van der Waals surface area contributed by atoms with Crippen LogP contribution in [0.25, 0.3) is 0 Å². The highest BCUT2D eigenvalue weighted by Crippen LogP contribution is 2.47. The minimum absolute atomic E-state index is 0.00277. The number of imidazole rings is 1. The monoisotopic (exact) mass is 488 g/mol. The van der Waals surface area contributed by atoms with Crippen molar-refractivity contribution in [2.45, 2.75) is 44.3 Å². The van der Waals surface area contributed by atoms with Crippen LogP contribution in [0.4, 0.5) is 11.4 Å². The maximum absolute atomic E-state index is 13.6. The van der Waals surface area contributed by atoms with Crippen LogP contribution in [0.3, 0.4) is 0 Å². The number of nitrogens with zero attached hydrogens (tertiary/aromatic N) is 5. The van der Waals surface area contributed by atoms with Crippen LogP contribution >= 0.6 is 0 Å². The van der Waals surface area contributed by atoms with Crippen LogP contribution in [-0.4, -0.2) is 44.1 Å². The second-order valence-corrected chi connectivity index (χ2v) is 10.1. The summed E-state index contributed by atoms with van der Waals surface area (Å²) in [4.78, 5) is 43.6. The first-order chi connectivity index (χ1) is 17.5. The molecule has 5 heterocycles. The normalized spacial score (nSPS) is 23.8. The number of rotatable bonds is 6. The average Bonchev–Trinajstić information content (AvgIpc) is 3.40. The summed E-state index contributed by atoms with van der Waals surface area (Å²) in [5, 5.41) is 14.6. The van der Waals surface area contributed by atoms with E-state index in [2.05, 4.69) is 15.2 Å². The molecule has 1 N–H and O–H groups in total. The Morgan fingerprint density at radius 3 is 2.92 bits per heavy atom. The second kappa shape index (κ2) is 8.92. The van der Waals surface area contributed by atoms with Crippen molar-refractivity contribution in [1.82, 2.24) is 19.4 Å². The predicted molar refractivity (Wildman–Crippen MR) is 133 cm³/mol. The van der Waals surface area contributed by atoms with Gasteiger partial charge in [0.05, 0.1) is 17.2 Å². The molecule has 4 atom stereocenters. The number of anilines is 1. The SMILES string of the molecule is O=C(NCCCn1ccnc1)[C@@H]1Cc2cc([N+](=O)[O-])ccc2N2CC3CC(Cn4c3cccc4=O)[C@@H]12. The maximum atomic E-state index is 13.6. The molecule has 10 nitrogen and oxygen atoms in total. The van der Waals surface area contributed by atoms with E-state index in [4.69, 9.17) is 0 Å². The number of pyridine rings is 1. The summed E-state index contributed by atoms with van der Waals surface area (Å²) >= 11 is 0. The molecule has 6 rings (SSSR count). The van der Waals surface area contributed by atoms with Gasteiger partial charge in [-0.05, 0) is 42.9 Å². The van der Waals surface area contributed by atoms with E-state index in [1.807, 2.05) is 33.5 Å². The predicted octanol–water partition coefficient (Wildman–Crippen LogP) is 2.32. The van der Waals surface area contributed by atoms with Gasteiger partial charge in [-0.25, -0.2) is 4.98 Å². The number of nitro benzene ring substituents is 1. The van der Waals surface area contributed by atoms with Crippen molar-refractivity contribution in [3.05, 3.63) is 86.8 Å². The number of carbonyl (C=O) groups excluding carboxylic acids is 1. The molecule has 0 saturated carbocycles. The summed E-state index contributed by atoms with van der Waals surface area (Å²) in [5.41, 5.74) is 2.89. The number of carbonyl (C=O) groups is 1. The Morgan fingerprint density at radius 1 is 1.22 bits per heavy atom. The minimum atomic E-state index is -0.384. The number of aromatic nitrogens is 3. The van der Waals surface area contributed by atoms with Crippen LogP contribution in [0, 0.1) is 22.0 Å². The summed E-state index contributed by atoms with van der Waals surface area (Å²) < 4.78 is 3.85. The fraction of sp³-hybridized carbons (Fsp3) is 0.423. The fourth-order valence-electron chi connectivity index (χ4n) is 6.48. The van der Waals surface area contributed by atoms with Crippen LogP contribution in [0.1, 0.15) is 30.0 Å². The van der Waals surface area contributed by atoms with E-state index in [9.17, 15) is 19.7 Å². The molecule has 0 spiro atoms. The highest BCUT2D eigenvalue weighted by molar-refractivity contribution is 5.82. The molecule has 1 fully saturated rings. The van der Waals surface area contributed by atoms with E-state index in [0.717, 1.165) is 36.3 Å². The molecule has 2 unspecified atom stereocenters. The molecule has 3 aromatic rings. The summed E-state index contributed by atoms with van der Waals surface area (Å²) in [7, 11) is 0. The Bertz CT molecular complexity index is 1370. The van der Waals surface area contributed by atoms with Crippen LogP contribution in [-0.2, 0) is 24.3 Å². The molecule has 2 aromatic heterocycles. The zero-order valence-electron chi connectivity index (χ0n) is 19.8. The van der Waals surface area contributed by atoms with Crippen molar-refractivity contribution in [1.29, 1.82) is 0 Å². The summed E-state index contributed by atoms with van der Waals surface area (Å²) in [6.45, 7) is 2.57. The van der Waals surface area contributed by atoms with Gasteiger partial charge in [-0.1, -0.05) is 6.07 Å². The molecule has 10 heteroatoms. The van der Waals surface area contributed by atoms with Gasteiger partial charge in [0.15, 0.2) is 0 Å². The Labute approximate surface area is 207 Å². The fourth-order valence-corrected chi connectivity index (χ4v) is 6.48. The third-order valence-corrected chi connectivity index (χ3v) is 7.99. The maximum Gasteiger partial charge on any atom is 0.269 e.